The second-order valence-corrected chi connectivity index (χ2v) is 8.63. The normalized spacial score (nSPS) is 26.6. The average molecular weight is 460 g/mol. The molecule has 2 bridgehead atoms. The molecule has 3 rings (SSSR count). The maximum atomic E-state index is 12.7. The highest BCUT2D eigenvalue weighted by Gasteiger charge is 2.43. The molecule has 3 atom stereocenters. The molecule has 0 fully saturated rings. The van der Waals surface area contributed by atoms with Gasteiger partial charge in [-0.25, -0.2) is 9.59 Å². The fourth-order valence-electron chi connectivity index (χ4n) is 3.86. The molecular weight excluding hydrogens is 432 g/mol. The summed E-state index contributed by atoms with van der Waals surface area (Å²) >= 11 is 0. The van der Waals surface area contributed by atoms with Gasteiger partial charge in [-0.2, -0.15) is 0 Å². The van der Waals surface area contributed by atoms with E-state index in [1.807, 2.05) is 19.9 Å². The highest BCUT2D eigenvalue weighted by atomic mass is 16.6. The van der Waals surface area contributed by atoms with E-state index in [1.54, 1.807) is 13.0 Å². The summed E-state index contributed by atoms with van der Waals surface area (Å²) in [5.74, 6) is -1.47. The van der Waals surface area contributed by atoms with Crippen LogP contribution in [0.25, 0.3) is 0 Å². The van der Waals surface area contributed by atoms with Crippen molar-refractivity contribution in [2.75, 3.05) is 13.2 Å². The van der Waals surface area contributed by atoms with Gasteiger partial charge in [-0.05, 0) is 31.9 Å². The number of rotatable bonds is 6. The number of ether oxygens (including phenoxy) is 5. The predicted octanol–water partition coefficient (Wildman–Crippen LogP) is 2.81. The SMILES string of the molecule is CC(=O)OCC(C)=CC(=O)OC1CC(C)C2=CCC(C)(C=C3OC(=O)C(COC(C)=O)=C31)O2. The van der Waals surface area contributed by atoms with E-state index in [2.05, 4.69) is 0 Å². The number of fused-ring (bicyclic) bond motifs is 3. The van der Waals surface area contributed by atoms with E-state index >= 15 is 0 Å². The minimum Gasteiger partial charge on any atom is -0.487 e. The summed E-state index contributed by atoms with van der Waals surface area (Å²) in [6.45, 7) is 7.61. The minimum atomic E-state index is -0.860. The lowest BCUT2D eigenvalue weighted by Gasteiger charge is -2.23. The Morgan fingerprint density at radius 2 is 1.88 bits per heavy atom. The van der Waals surface area contributed by atoms with Crippen LogP contribution in [0.1, 0.15) is 47.5 Å². The summed E-state index contributed by atoms with van der Waals surface area (Å²) in [7, 11) is 0. The van der Waals surface area contributed by atoms with E-state index in [4.69, 9.17) is 23.7 Å². The molecule has 0 N–H and O–H groups in total. The van der Waals surface area contributed by atoms with Crippen molar-refractivity contribution < 1.29 is 42.9 Å². The zero-order valence-electron chi connectivity index (χ0n) is 19.4. The lowest BCUT2D eigenvalue weighted by molar-refractivity contribution is -0.143. The second kappa shape index (κ2) is 9.64. The van der Waals surface area contributed by atoms with Crippen molar-refractivity contribution in [1.29, 1.82) is 0 Å². The maximum absolute atomic E-state index is 12.7. The topological polar surface area (TPSA) is 114 Å². The Labute approximate surface area is 192 Å². The van der Waals surface area contributed by atoms with Crippen molar-refractivity contribution in [3.63, 3.8) is 0 Å². The zero-order chi connectivity index (χ0) is 24.3. The Balaban J connectivity index is 1.97. The molecular formula is C24H28O9. The van der Waals surface area contributed by atoms with Gasteiger partial charge < -0.3 is 23.7 Å². The Morgan fingerprint density at radius 3 is 2.55 bits per heavy atom. The fraction of sp³-hybridized carbons (Fsp3) is 0.500. The van der Waals surface area contributed by atoms with Crippen LogP contribution < -0.4 is 0 Å². The number of esters is 4. The van der Waals surface area contributed by atoms with E-state index < -0.39 is 35.6 Å². The van der Waals surface area contributed by atoms with E-state index in [0.717, 1.165) is 5.76 Å². The van der Waals surface area contributed by atoms with Crippen LogP contribution in [0, 0.1) is 5.92 Å². The first kappa shape index (κ1) is 24.3. The smallest absolute Gasteiger partial charge is 0.343 e. The molecule has 9 nitrogen and oxygen atoms in total. The predicted molar refractivity (Wildman–Crippen MR) is 114 cm³/mol. The molecule has 0 spiro atoms. The average Bonchev–Trinajstić information content (AvgIpc) is 3.24. The number of allylic oxidation sites excluding steroid dienone is 1. The Bertz CT molecular complexity index is 997. The second-order valence-electron chi connectivity index (χ2n) is 8.63. The molecule has 0 radical (unpaired) electrons. The van der Waals surface area contributed by atoms with E-state index in [-0.39, 0.29) is 30.5 Å². The van der Waals surface area contributed by atoms with Crippen LogP contribution >= 0.6 is 0 Å². The lowest BCUT2D eigenvalue weighted by atomic mass is 9.91. The molecule has 3 unspecified atom stereocenters. The quantitative estimate of drug-likeness (QED) is 0.335. The summed E-state index contributed by atoms with van der Waals surface area (Å²) in [6.07, 6.45) is 4.97. The Hall–Kier alpha value is -3.36. The van der Waals surface area contributed by atoms with Gasteiger partial charge in [0.25, 0.3) is 0 Å². The summed E-state index contributed by atoms with van der Waals surface area (Å²) in [5, 5.41) is 0. The van der Waals surface area contributed by atoms with Gasteiger partial charge in [-0.15, -0.1) is 0 Å². The first-order valence-corrected chi connectivity index (χ1v) is 10.7. The van der Waals surface area contributed by atoms with Crippen molar-refractivity contribution in [2.24, 2.45) is 5.92 Å². The molecule has 0 saturated carbocycles. The van der Waals surface area contributed by atoms with Crippen molar-refractivity contribution in [3.05, 3.63) is 46.5 Å². The van der Waals surface area contributed by atoms with E-state index in [9.17, 15) is 19.2 Å². The molecule has 9 heteroatoms. The molecule has 178 valence electrons. The monoisotopic (exact) mass is 460 g/mol. The van der Waals surface area contributed by atoms with Gasteiger partial charge in [0.1, 0.15) is 30.7 Å². The van der Waals surface area contributed by atoms with Crippen LogP contribution in [-0.4, -0.2) is 48.8 Å². The van der Waals surface area contributed by atoms with Crippen molar-refractivity contribution in [2.45, 2.75) is 59.2 Å². The largest absolute Gasteiger partial charge is 0.487 e. The van der Waals surface area contributed by atoms with Crippen LogP contribution in [0.3, 0.4) is 0 Å². The lowest BCUT2D eigenvalue weighted by Crippen LogP contribution is -2.25. The minimum absolute atomic E-state index is 0.0439. The number of carbonyl (C=O) groups is 4. The molecule has 3 aliphatic rings. The van der Waals surface area contributed by atoms with Gasteiger partial charge in [0.15, 0.2) is 0 Å². The molecule has 3 aliphatic heterocycles. The summed E-state index contributed by atoms with van der Waals surface area (Å²) < 4.78 is 27.3. The summed E-state index contributed by atoms with van der Waals surface area (Å²) in [6, 6.07) is 0. The molecule has 33 heavy (non-hydrogen) atoms. The highest BCUT2D eigenvalue weighted by Crippen LogP contribution is 2.43. The van der Waals surface area contributed by atoms with Crippen LogP contribution in [0.5, 0.6) is 0 Å². The first-order valence-electron chi connectivity index (χ1n) is 10.7. The molecule has 0 aromatic heterocycles. The van der Waals surface area contributed by atoms with Crippen LogP contribution in [0.2, 0.25) is 0 Å². The standard InChI is InChI=1S/C24H28O9/c1-13(11-29-15(3)25)8-21(27)31-19-9-14(2)18-6-7-24(5,33-18)10-20-22(19)17(23(28)32-20)12-30-16(4)26/h6,8,10,14,19H,7,9,11-12H2,1-5H3. The van der Waals surface area contributed by atoms with Gasteiger partial charge in [-0.3, -0.25) is 9.59 Å². The number of hydrogen-bond acceptors (Lipinski definition) is 9. The zero-order valence-corrected chi connectivity index (χ0v) is 19.4. The van der Waals surface area contributed by atoms with Gasteiger partial charge in [0, 0.05) is 43.9 Å². The van der Waals surface area contributed by atoms with Crippen LogP contribution in [-0.2, 0) is 42.9 Å². The van der Waals surface area contributed by atoms with Crippen LogP contribution in [0.4, 0.5) is 0 Å². The first-order chi connectivity index (χ1) is 15.5. The molecule has 0 aromatic carbocycles. The third-order valence-corrected chi connectivity index (χ3v) is 5.46. The highest BCUT2D eigenvalue weighted by molar-refractivity contribution is 5.96. The van der Waals surface area contributed by atoms with Crippen molar-refractivity contribution >= 4 is 23.9 Å². The van der Waals surface area contributed by atoms with Gasteiger partial charge >= 0.3 is 23.9 Å². The summed E-state index contributed by atoms with van der Waals surface area (Å²) in [4.78, 5) is 47.7. The van der Waals surface area contributed by atoms with E-state index in [0.29, 0.717) is 24.0 Å². The van der Waals surface area contributed by atoms with Gasteiger partial charge in [-0.1, -0.05) is 6.92 Å². The third kappa shape index (κ3) is 5.91. The third-order valence-electron chi connectivity index (χ3n) is 5.46. The molecule has 0 saturated heterocycles. The fourth-order valence-corrected chi connectivity index (χ4v) is 3.86. The van der Waals surface area contributed by atoms with Gasteiger partial charge in [0.2, 0.25) is 0 Å². The molecule has 0 aromatic rings. The molecule has 3 heterocycles. The van der Waals surface area contributed by atoms with Crippen molar-refractivity contribution in [3.8, 4) is 0 Å². The molecule has 0 amide bonds. The number of carbonyl (C=O) groups excluding carboxylic acids is 4. The summed E-state index contributed by atoms with van der Waals surface area (Å²) in [5.41, 5.74) is 0.260. The number of hydrogen-bond donors (Lipinski definition) is 0. The van der Waals surface area contributed by atoms with Crippen LogP contribution in [0.15, 0.2) is 46.5 Å². The van der Waals surface area contributed by atoms with Gasteiger partial charge in [0.05, 0.1) is 11.3 Å². The Kier molecular flexibility index (Phi) is 7.09. The van der Waals surface area contributed by atoms with E-state index in [1.165, 1.54) is 19.9 Å². The maximum Gasteiger partial charge on any atom is 0.343 e. The molecule has 0 aliphatic carbocycles. The Morgan fingerprint density at radius 1 is 1.18 bits per heavy atom. The van der Waals surface area contributed by atoms with Crippen molar-refractivity contribution in [1.82, 2.24) is 0 Å².